The Morgan fingerprint density at radius 1 is 1.19 bits per heavy atom. The van der Waals surface area contributed by atoms with E-state index in [4.69, 9.17) is 32.0 Å². The number of hydrogen-bond acceptors (Lipinski definition) is 5. The number of furan rings is 2. The molecule has 0 bridgehead atoms. The maximum atomic E-state index is 12.9. The molecule has 1 aromatic carbocycles. The van der Waals surface area contributed by atoms with Gasteiger partial charge in [0.2, 0.25) is 5.91 Å². The lowest BCUT2D eigenvalue weighted by Gasteiger charge is -2.26. The summed E-state index contributed by atoms with van der Waals surface area (Å²) in [5, 5.41) is 1.01. The van der Waals surface area contributed by atoms with Crippen molar-refractivity contribution in [2.24, 2.45) is 0 Å². The Hall–Kier alpha value is -2.48. The number of nitrogens with zero attached hydrogens (tertiary/aromatic N) is 1. The Morgan fingerprint density at radius 3 is 2.74 bits per heavy atom. The fourth-order valence-corrected chi connectivity index (χ4v) is 5.62. The fraction of sp³-hybridized carbons (Fsp3) is 0.227. The van der Waals surface area contributed by atoms with Crippen LogP contribution in [0.4, 0.5) is 0 Å². The third-order valence-electron chi connectivity index (χ3n) is 5.05. The molecule has 1 saturated heterocycles. The summed E-state index contributed by atoms with van der Waals surface area (Å²) in [4.78, 5) is 14.5. The van der Waals surface area contributed by atoms with Gasteiger partial charge in [0.25, 0.3) is 0 Å². The highest BCUT2D eigenvalue weighted by atomic mass is 35.5. The van der Waals surface area contributed by atoms with Crippen LogP contribution in [-0.4, -0.2) is 36.8 Å². The molecule has 0 radical (unpaired) electrons. The van der Waals surface area contributed by atoms with E-state index in [9.17, 15) is 13.2 Å². The summed E-state index contributed by atoms with van der Waals surface area (Å²) in [5.74, 6) is 1.22. The molecule has 0 N–H and O–H groups in total. The van der Waals surface area contributed by atoms with Gasteiger partial charge in [0.15, 0.2) is 9.84 Å². The Balaban J connectivity index is 1.58. The third kappa shape index (κ3) is 5.23. The molecule has 1 amide bonds. The molecule has 3 aromatic rings. The molecule has 3 heterocycles. The molecule has 1 aliphatic heterocycles. The highest BCUT2D eigenvalue weighted by Crippen LogP contribution is 2.32. The van der Waals surface area contributed by atoms with Crippen LogP contribution in [0.1, 0.15) is 17.9 Å². The molecule has 1 atom stereocenters. The quantitative estimate of drug-likeness (QED) is 0.460. The number of carbonyl (C=O) groups excluding carboxylic acids is 1. The van der Waals surface area contributed by atoms with Crippen molar-refractivity contribution in [2.75, 3.05) is 11.5 Å². The van der Waals surface area contributed by atoms with Crippen LogP contribution in [0, 0.1) is 0 Å². The molecule has 0 unspecified atom stereocenters. The molecule has 0 spiro atoms. The highest BCUT2D eigenvalue weighted by molar-refractivity contribution is 7.91. The van der Waals surface area contributed by atoms with Crippen LogP contribution in [-0.2, 0) is 21.2 Å². The van der Waals surface area contributed by atoms with Gasteiger partial charge >= 0.3 is 0 Å². The van der Waals surface area contributed by atoms with Gasteiger partial charge in [-0.15, -0.1) is 0 Å². The standard InChI is InChI=1S/C22H19Cl2NO5S/c23-15-3-6-20(24)19(12-15)21-7-4-18(30-21)13-25(16-9-11-31(27,28)14-16)22(26)8-5-17-2-1-10-29-17/h1-8,10,12,16H,9,11,13-14H2/b8-5+/t16-/m1/s1. The van der Waals surface area contributed by atoms with Crippen molar-refractivity contribution >= 4 is 45.0 Å². The summed E-state index contributed by atoms with van der Waals surface area (Å²) >= 11 is 12.3. The fourth-order valence-electron chi connectivity index (χ4n) is 3.51. The minimum atomic E-state index is -3.17. The smallest absolute Gasteiger partial charge is 0.247 e. The van der Waals surface area contributed by atoms with E-state index in [-0.39, 0.29) is 24.0 Å². The SMILES string of the molecule is O=C(/C=C/c1ccco1)N(Cc1ccc(-c2cc(Cl)ccc2Cl)o1)[C@@H]1CCS(=O)(=O)C1. The molecule has 31 heavy (non-hydrogen) atoms. The van der Waals surface area contributed by atoms with Gasteiger partial charge < -0.3 is 13.7 Å². The number of amides is 1. The predicted molar refractivity (Wildman–Crippen MR) is 120 cm³/mol. The minimum absolute atomic E-state index is 0.0604. The largest absolute Gasteiger partial charge is 0.465 e. The zero-order valence-electron chi connectivity index (χ0n) is 16.3. The number of hydrogen-bond donors (Lipinski definition) is 0. The number of sulfone groups is 1. The average molecular weight is 480 g/mol. The number of rotatable bonds is 6. The Bertz CT molecular complexity index is 1210. The van der Waals surface area contributed by atoms with Gasteiger partial charge in [0.1, 0.15) is 17.3 Å². The van der Waals surface area contributed by atoms with E-state index in [1.165, 1.54) is 17.2 Å². The molecule has 6 nitrogen and oxygen atoms in total. The third-order valence-corrected chi connectivity index (χ3v) is 7.36. The van der Waals surface area contributed by atoms with Gasteiger partial charge in [0.05, 0.1) is 29.3 Å². The molecule has 9 heteroatoms. The summed E-state index contributed by atoms with van der Waals surface area (Å²) < 4.78 is 35.1. The van der Waals surface area contributed by atoms with Crippen molar-refractivity contribution in [3.63, 3.8) is 0 Å². The Morgan fingerprint density at radius 2 is 2.03 bits per heavy atom. The lowest BCUT2D eigenvalue weighted by atomic mass is 10.2. The van der Waals surface area contributed by atoms with Crippen LogP contribution >= 0.6 is 23.2 Å². The molecule has 1 fully saturated rings. The van der Waals surface area contributed by atoms with E-state index in [0.29, 0.717) is 39.3 Å². The van der Waals surface area contributed by atoms with Crippen LogP contribution in [0.2, 0.25) is 10.0 Å². The lowest BCUT2D eigenvalue weighted by molar-refractivity contribution is -0.128. The first-order valence-electron chi connectivity index (χ1n) is 9.57. The predicted octanol–water partition coefficient (Wildman–Crippen LogP) is 5.08. The number of benzene rings is 1. The van der Waals surface area contributed by atoms with Crippen molar-refractivity contribution in [3.8, 4) is 11.3 Å². The van der Waals surface area contributed by atoms with Crippen molar-refractivity contribution in [1.82, 2.24) is 4.90 Å². The van der Waals surface area contributed by atoms with Gasteiger partial charge in [0, 0.05) is 22.7 Å². The summed E-state index contributed by atoms with van der Waals surface area (Å²) in [5.41, 5.74) is 0.638. The van der Waals surface area contributed by atoms with Crippen LogP contribution in [0.15, 0.2) is 63.6 Å². The van der Waals surface area contributed by atoms with E-state index in [1.54, 1.807) is 48.5 Å². The second-order valence-electron chi connectivity index (χ2n) is 7.26. The van der Waals surface area contributed by atoms with Crippen LogP contribution < -0.4 is 0 Å². The van der Waals surface area contributed by atoms with E-state index < -0.39 is 15.9 Å². The summed E-state index contributed by atoms with van der Waals surface area (Å²) in [7, 11) is -3.17. The zero-order chi connectivity index (χ0) is 22.0. The molecule has 2 aromatic heterocycles. The van der Waals surface area contributed by atoms with Crippen molar-refractivity contribution in [1.29, 1.82) is 0 Å². The van der Waals surface area contributed by atoms with Crippen molar-refractivity contribution in [2.45, 2.75) is 19.0 Å². The summed E-state index contributed by atoms with van der Waals surface area (Å²) in [6, 6.07) is 11.6. The van der Waals surface area contributed by atoms with E-state index in [2.05, 4.69) is 0 Å². The minimum Gasteiger partial charge on any atom is -0.465 e. The van der Waals surface area contributed by atoms with Crippen molar-refractivity contribution < 1.29 is 22.0 Å². The number of halogens is 2. The van der Waals surface area contributed by atoms with Crippen LogP contribution in [0.25, 0.3) is 17.4 Å². The van der Waals surface area contributed by atoms with Gasteiger partial charge in [-0.3, -0.25) is 4.79 Å². The topological polar surface area (TPSA) is 80.7 Å². The van der Waals surface area contributed by atoms with Gasteiger partial charge in [-0.1, -0.05) is 23.2 Å². The van der Waals surface area contributed by atoms with Gasteiger partial charge in [-0.05, 0) is 55.0 Å². The highest BCUT2D eigenvalue weighted by Gasteiger charge is 2.34. The van der Waals surface area contributed by atoms with E-state index in [1.807, 2.05) is 0 Å². The molecule has 0 saturated carbocycles. The number of carbonyl (C=O) groups is 1. The summed E-state index contributed by atoms with van der Waals surface area (Å²) in [6.07, 6.45) is 4.83. The second kappa shape index (κ2) is 8.94. The normalized spacial score (nSPS) is 17.9. The first-order chi connectivity index (χ1) is 14.8. The molecule has 0 aliphatic carbocycles. The van der Waals surface area contributed by atoms with E-state index in [0.717, 1.165) is 0 Å². The van der Waals surface area contributed by atoms with Gasteiger partial charge in [-0.25, -0.2) is 8.42 Å². The van der Waals surface area contributed by atoms with Crippen LogP contribution in [0.5, 0.6) is 0 Å². The molecule has 162 valence electrons. The van der Waals surface area contributed by atoms with Crippen LogP contribution in [0.3, 0.4) is 0 Å². The first-order valence-corrected chi connectivity index (χ1v) is 12.2. The van der Waals surface area contributed by atoms with Gasteiger partial charge in [-0.2, -0.15) is 0 Å². The Labute approximate surface area is 190 Å². The first kappa shape index (κ1) is 21.7. The zero-order valence-corrected chi connectivity index (χ0v) is 18.7. The maximum absolute atomic E-state index is 12.9. The van der Waals surface area contributed by atoms with Crippen molar-refractivity contribution in [3.05, 3.63) is 76.4 Å². The monoisotopic (exact) mass is 479 g/mol. The molecule has 1 aliphatic rings. The molecular formula is C22H19Cl2NO5S. The van der Waals surface area contributed by atoms with E-state index >= 15 is 0 Å². The maximum Gasteiger partial charge on any atom is 0.247 e. The molecular weight excluding hydrogens is 461 g/mol. The molecule has 4 rings (SSSR count). The Kier molecular flexibility index (Phi) is 6.27. The summed E-state index contributed by atoms with van der Waals surface area (Å²) in [6.45, 7) is 0.125. The average Bonchev–Trinajstić information content (AvgIpc) is 3.47. The second-order valence-corrected chi connectivity index (χ2v) is 10.3. The lowest BCUT2D eigenvalue weighted by Crippen LogP contribution is -2.39.